The summed E-state index contributed by atoms with van der Waals surface area (Å²) in [5.74, 6) is -0.592. The molecular weight excluding hydrogens is 564 g/mol. The molecule has 0 amide bonds. The fourth-order valence-corrected chi connectivity index (χ4v) is 5.19. The Morgan fingerprint density at radius 1 is 1.07 bits per heavy atom. The van der Waals surface area contributed by atoms with Gasteiger partial charge in [0.05, 0.1) is 29.6 Å². The minimum Gasteiger partial charge on any atom is -0.478 e. The van der Waals surface area contributed by atoms with Crippen LogP contribution in [-0.2, 0) is 19.7 Å². The van der Waals surface area contributed by atoms with E-state index in [0.717, 1.165) is 18.5 Å². The maximum absolute atomic E-state index is 14.1. The molecule has 2 aromatic heterocycles. The Bertz CT molecular complexity index is 1550. The van der Waals surface area contributed by atoms with Crippen molar-refractivity contribution in [2.24, 2.45) is 0 Å². The molecule has 0 bridgehead atoms. The van der Waals surface area contributed by atoms with E-state index in [1.807, 2.05) is 12.1 Å². The van der Waals surface area contributed by atoms with Gasteiger partial charge in [-0.3, -0.25) is 4.90 Å². The maximum atomic E-state index is 14.1. The molecule has 2 aromatic carbocycles. The third kappa shape index (κ3) is 7.15. The van der Waals surface area contributed by atoms with Crippen molar-refractivity contribution in [2.45, 2.75) is 51.1 Å². The fraction of sp³-hybridized carbons (Fsp3) is 0.345. The van der Waals surface area contributed by atoms with E-state index in [0.29, 0.717) is 53.0 Å². The number of halogens is 5. The number of carboxylic acids is 1. The van der Waals surface area contributed by atoms with Crippen molar-refractivity contribution < 1.29 is 32.2 Å². The number of pyridine rings is 1. The van der Waals surface area contributed by atoms with Crippen LogP contribution in [0.3, 0.4) is 0 Å². The monoisotopic (exact) mass is 590 g/mol. The summed E-state index contributed by atoms with van der Waals surface area (Å²) < 4.78 is 60.5. The first-order valence-electron chi connectivity index (χ1n) is 13.1. The van der Waals surface area contributed by atoms with E-state index in [2.05, 4.69) is 14.9 Å². The molecule has 0 saturated carbocycles. The first-order valence-corrected chi connectivity index (χ1v) is 13.5. The molecule has 1 N–H and O–H groups in total. The molecule has 7 nitrogen and oxygen atoms in total. The minimum atomic E-state index is -4.36. The third-order valence-electron chi connectivity index (χ3n) is 7.20. The van der Waals surface area contributed by atoms with Crippen molar-refractivity contribution in [1.29, 1.82) is 0 Å². The van der Waals surface area contributed by atoms with Gasteiger partial charge < -0.3 is 14.4 Å². The van der Waals surface area contributed by atoms with Crippen molar-refractivity contribution in [1.82, 2.24) is 19.4 Å². The van der Waals surface area contributed by atoms with Gasteiger partial charge in [0.25, 0.3) is 0 Å². The van der Waals surface area contributed by atoms with Crippen LogP contribution in [0.15, 0.2) is 54.6 Å². The molecule has 3 heterocycles. The zero-order valence-electron chi connectivity index (χ0n) is 21.9. The van der Waals surface area contributed by atoms with E-state index in [4.69, 9.17) is 16.3 Å². The van der Waals surface area contributed by atoms with E-state index >= 15 is 0 Å². The van der Waals surface area contributed by atoms with Crippen LogP contribution in [0, 0.1) is 5.82 Å². The molecule has 0 unspecified atom stereocenters. The first kappa shape index (κ1) is 28.8. The Labute approximate surface area is 238 Å². The fourth-order valence-electron chi connectivity index (χ4n) is 5.03. The van der Waals surface area contributed by atoms with Crippen LogP contribution in [-0.4, -0.2) is 49.8 Å². The predicted octanol–water partition coefficient (Wildman–Crippen LogP) is 6.83. The number of aryl methyl sites for hydroxylation is 1. The number of carboxylic acid groups (broad SMARTS) is 1. The molecule has 41 heavy (non-hydrogen) atoms. The summed E-state index contributed by atoms with van der Waals surface area (Å²) in [5, 5.41) is 9.66. The number of likely N-dealkylation sites (tertiary alicyclic amines) is 1. The summed E-state index contributed by atoms with van der Waals surface area (Å²) in [6.45, 7) is 1.37. The van der Waals surface area contributed by atoms with Gasteiger partial charge in [-0.2, -0.15) is 13.2 Å². The van der Waals surface area contributed by atoms with E-state index in [-0.39, 0.29) is 24.6 Å². The Hall–Kier alpha value is -3.70. The Kier molecular flexibility index (Phi) is 8.46. The minimum absolute atomic E-state index is 0.00460. The molecular formula is C29H27ClF4N4O3. The maximum Gasteiger partial charge on any atom is 0.390 e. The zero-order valence-corrected chi connectivity index (χ0v) is 22.6. The number of piperidine rings is 1. The number of aromatic nitrogens is 3. The van der Waals surface area contributed by atoms with E-state index in [1.54, 1.807) is 18.2 Å². The Morgan fingerprint density at radius 2 is 1.85 bits per heavy atom. The van der Waals surface area contributed by atoms with Gasteiger partial charge in [0.2, 0.25) is 5.88 Å². The van der Waals surface area contributed by atoms with Crippen LogP contribution in [0.1, 0.15) is 52.6 Å². The van der Waals surface area contributed by atoms with Gasteiger partial charge >= 0.3 is 12.1 Å². The van der Waals surface area contributed by atoms with Crippen LogP contribution < -0.4 is 4.74 Å². The third-order valence-corrected chi connectivity index (χ3v) is 7.43. The topological polar surface area (TPSA) is 80.5 Å². The van der Waals surface area contributed by atoms with Gasteiger partial charge in [0.1, 0.15) is 18.2 Å². The highest BCUT2D eigenvalue weighted by Crippen LogP contribution is 2.30. The number of hydrogen-bond donors (Lipinski definition) is 1. The van der Waals surface area contributed by atoms with Crippen molar-refractivity contribution in [3.8, 4) is 5.88 Å². The lowest BCUT2D eigenvalue weighted by molar-refractivity contribution is -0.136. The van der Waals surface area contributed by atoms with Gasteiger partial charge in [0, 0.05) is 34.8 Å². The Balaban J connectivity index is 1.24. The van der Waals surface area contributed by atoms with Gasteiger partial charge in [0.15, 0.2) is 0 Å². The highest BCUT2D eigenvalue weighted by atomic mass is 35.5. The quantitative estimate of drug-likeness (QED) is 0.215. The molecule has 216 valence electrons. The molecule has 1 aliphatic rings. The van der Waals surface area contributed by atoms with Gasteiger partial charge in [-0.25, -0.2) is 19.2 Å². The molecule has 0 aliphatic carbocycles. The van der Waals surface area contributed by atoms with Crippen LogP contribution in [0.2, 0.25) is 5.02 Å². The summed E-state index contributed by atoms with van der Waals surface area (Å²) >= 11 is 5.81. The second-order valence-corrected chi connectivity index (χ2v) is 10.5. The Morgan fingerprint density at radius 3 is 2.56 bits per heavy atom. The standard InChI is InChI=1S/C29H27ClF4N4O3/c30-21-6-4-20(22(31)15-21)17-41-27-3-1-2-23(36-27)18-8-11-37(12-9-18)16-26-35-24-7-5-19(28(39)40)14-25(24)38(26)13-10-29(32,33)34/h1-7,14-15,18H,8-13,16-17H2,(H,39,40). The SMILES string of the molecule is O=C(O)c1ccc2nc(CN3CCC(c4cccc(OCc5ccc(Cl)cc5F)n4)CC3)n(CCC(F)(F)F)c2c1. The molecule has 4 aromatic rings. The van der Waals surface area contributed by atoms with Crippen LogP contribution in [0.25, 0.3) is 11.0 Å². The van der Waals surface area contributed by atoms with E-state index in [9.17, 15) is 27.5 Å². The average Bonchev–Trinajstić information content (AvgIpc) is 3.27. The number of fused-ring (bicyclic) bond motifs is 1. The summed E-state index contributed by atoms with van der Waals surface area (Å²) in [5.41, 5.74) is 2.06. The number of ether oxygens (including phenoxy) is 1. The zero-order chi connectivity index (χ0) is 29.1. The average molecular weight is 591 g/mol. The van der Waals surface area contributed by atoms with Gasteiger partial charge in [-0.15, -0.1) is 0 Å². The number of aromatic carboxylic acids is 1. The number of hydrogen-bond acceptors (Lipinski definition) is 5. The molecule has 0 atom stereocenters. The summed E-state index contributed by atoms with van der Waals surface area (Å²) in [4.78, 5) is 22.7. The highest BCUT2D eigenvalue weighted by molar-refractivity contribution is 6.30. The number of rotatable bonds is 9. The number of carbonyl (C=O) groups is 1. The number of benzene rings is 2. The number of nitrogens with zero attached hydrogens (tertiary/aromatic N) is 4. The van der Waals surface area contributed by atoms with Crippen LogP contribution >= 0.6 is 11.6 Å². The molecule has 0 radical (unpaired) electrons. The second-order valence-electron chi connectivity index (χ2n) is 10.0. The summed E-state index contributed by atoms with van der Waals surface area (Å²) in [7, 11) is 0. The van der Waals surface area contributed by atoms with Crippen molar-refractivity contribution in [2.75, 3.05) is 13.1 Å². The molecule has 0 spiro atoms. The number of alkyl halides is 3. The predicted molar refractivity (Wildman–Crippen MR) is 145 cm³/mol. The lowest BCUT2D eigenvalue weighted by Gasteiger charge is -2.31. The van der Waals surface area contributed by atoms with Crippen molar-refractivity contribution in [3.63, 3.8) is 0 Å². The van der Waals surface area contributed by atoms with Crippen molar-refractivity contribution >= 4 is 28.6 Å². The molecule has 1 fully saturated rings. The van der Waals surface area contributed by atoms with E-state index in [1.165, 1.54) is 28.8 Å². The molecule has 12 heteroatoms. The lowest BCUT2D eigenvalue weighted by atomic mass is 9.93. The molecule has 5 rings (SSSR count). The molecule has 1 saturated heterocycles. The molecule has 1 aliphatic heterocycles. The van der Waals surface area contributed by atoms with E-state index < -0.39 is 24.4 Å². The normalized spacial score (nSPS) is 15.0. The van der Waals surface area contributed by atoms with Crippen LogP contribution in [0.5, 0.6) is 5.88 Å². The van der Waals surface area contributed by atoms with Crippen molar-refractivity contribution in [3.05, 3.63) is 88.1 Å². The second kappa shape index (κ2) is 12.0. The van der Waals surface area contributed by atoms with Gasteiger partial charge in [-0.05, 0) is 62.3 Å². The summed E-state index contributed by atoms with van der Waals surface area (Å²) in [6, 6.07) is 14.2. The highest BCUT2D eigenvalue weighted by Gasteiger charge is 2.29. The largest absolute Gasteiger partial charge is 0.478 e. The lowest BCUT2D eigenvalue weighted by Crippen LogP contribution is -2.33. The summed E-state index contributed by atoms with van der Waals surface area (Å²) in [6.07, 6.45) is -3.85. The van der Waals surface area contributed by atoms with Gasteiger partial charge in [-0.1, -0.05) is 23.7 Å². The first-order chi connectivity index (χ1) is 19.6. The smallest absolute Gasteiger partial charge is 0.390 e. The number of imidazole rings is 1. The van der Waals surface area contributed by atoms with Crippen LogP contribution in [0.4, 0.5) is 17.6 Å².